The van der Waals surface area contributed by atoms with Crippen LogP contribution in [0.2, 0.25) is 0 Å². The molecule has 0 spiro atoms. The van der Waals surface area contributed by atoms with E-state index < -0.39 is 0 Å². The quantitative estimate of drug-likeness (QED) is 0.846. The third-order valence-corrected chi connectivity index (χ3v) is 3.97. The zero-order chi connectivity index (χ0) is 10.7. The lowest BCUT2D eigenvalue weighted by molar-refractivity contribution is 0.322. The Morgan fingerprint density at radius 2 is 2.27 bits per heavy atom. The van der Waals surface area contributed by atoms with Crippen LogP contribution in [-0.2, 0) is 0 Å². The molecule has 82 valence electrons. The largest absolute Gasteiger partial charge is 0.361 e. The number of benzene rings is 1. The predicted octanol–water partition coefficient (Wildman–Crippen LogP) is 2.76. The van der Waals surface area contributed by atoms with Crippen LogP contribution in [0, 0.1) is 6.92 Å². The van der Waals surface area contributed by atoms with Gasteiger partial charge in [0.05, 0.1) is 0 Å². The summed E-state index contributed by atoms with van der Waals surface area (Å²) in [5.41, 5.74) is 3.03. The van der Waals surface area contributed by atoms with Crippen LogP contribution in [0.1, 0.15) is 12.5 Å². The van der Waals surface area contributed by atoms with Gasteiger partial charge in [-0.3, -0.25) is 4.90 Å². The minimum absolute atomic E-state index is 0.455. The van der Waals surface area contributed by atoms with Crippen molar-refractivity contribution in [1.29, 1.82) is 0 Å². The molecule has 2 rings (SSSR count). The average molecular weight is 222 g/mol. The second kappa shape index (κ2) is 4.90. The van der Waals surface area contributed by atoms with Gasteiger partial charge >= 0.3 is 0 Å². The summed E-state index contributed by atoms with van der Waals surface area (Å²) in [5, 5.41) is 3.60. The first-order chi connectivity index (χ1) is 7.31. The van der Waals surface area contributed by atoms with Gasteiger partial charge in [-0.15, -0.1) is 11.8 Å². The third-order valence-electron chi connectivity index (χ3n) is 2.82. The van der Waals surface area contributed by atoms with Gasteiger partial charge in [0.15, 0.2) is 0 Å². The van der Waals surface area contributed by atoms with Crippen LogP contribution in [-0.4, -0.2) is 29.2 Å². The summed E-state index contributed by atoms with van der Waals surface area (Å²) in [6.07, 6.45) is 0. The molecule has 1 aliphatic heterocycles. The van der Waals surface area contributed by atoms with Gasteiger partial charge in [0, 0.05) is 18.0 Å². The van der Waals surface area contributed by atoms with Crippen LogP contribution < -0.4 is 5.32 Å². The van der Waals surface area contributed by atoms with Crippen LogP contribution in [0.3, 0.4) is 0 Å². The summed E-state index contributed by atoms with van der Waals surface area (Å²) in [4.78, 5) is 2.47. The van der Waals surface area contributed by atoms with Gasteiger partial charge in [-0.2, -0.15) is 0 Å². The Morgan fingerprint density at radius 3 is 3.00 bits per heavy atom. The van der Waals surface area contributed by atoms with E-state index in [0.717, 1.165) is 6.54 Å². The topological polar surface area (TPSA) is 15.3 Å². The molecule has 1 fully saturated rings. The number of nitrogens with zero attached hydrogens (tertiary/aromatic N) is 1. The first-order valence-electron chi connectivity index (χ1n) is 5.49. The third kappa shape index (κ3) is 2.47. The molecule has 1 heterocycles. The van der Waals surface area contributed by atoms with E-state index in [9.17, 15) is 0 Å². The zero-order valence-corrected chi connectivity index (χ0v) is 10.2. The van der Waals surface area contributed by atoms with Crippen molar-refractivity contribution in [3.8, 4) is 0 Å². The molecule has 15 heavy (non-hydrogen) atoms. The van der Waals surface area contributed by atoms with Crippen LogP contribution in [0.25, 0.3) is 0 Å². The maximum atomic E-state index is 3.60. The van der Waals surface area contributed by atoms with Gasteiger partial charge in [0.25, 0.3) is 0 Å². The summed E-state index contributed by atoms with van der Waals surface area (Å²) in [6, 6.07) is 8.48. The number of nitrogens with one attached hydrogen (secondary N) is 1. The van der Waals surface area contributed by atoms with Crippen molar-refractivity contribution in [2.45, 2.75) is 19.3 Å². The molecule has 1 aliphatic rings. The molecule has 1 aromatic rings. The number of para-hydroxylation sites is 1. The normalized spacial score (nSPS) is 21.9. The van der Waals surface area contributed by atoms with Gasteiger partial charge in [-0.05, 0) is 25.1 Å². The summed E-state index contributed by atoms with van der Waals surface area (Å²) in [5.74, 6) is 1.23. The van der Waals surface area contributed by atoms with Gasteiger partial charge in [-0.1, -0.05) is 25.1 Å². The van der Waals surface area contributed by atoms with Gasteiger partial charge in [-0.25, -0.2) is 0 Å². The molecule has 1 N–H and O–H groups in total. The van der Waals surface area contributed by atoms with Crippen LogP contribution in [0.4, 0.5) is 5.69 Å². The second-order valence-corrected chi connectivity index (χ2v) is 5.00. The molecule has 0 aliphatic carbocycles. The number of hydrogen-bond donors (Lipinski definition) is 1. The van der Waals surface area contributed by atoms with E-state index in [1.165, 1.54) is 23.5 Å². The Hall–Kier alpha value is -0.670. The highest BCUT2D eigenvalue weighted by Gasteiger charge is 2.23. The number of anilines is 1. The van der Waals surface area contributed by atoms with Crippen molar-refractivity contribution < 1.29 is 0 Å². The Labute approximate surface area is 96.0 Å². The lowest BCUT2D eigenvalue weighted by Gasteiger charge is -2.24. The number of thioether (sulfide) groups is 1. The maximum absolute atomic E-state index is 3.60. The van der Waals surface area contributed by atoms with E-state index in [2.05, 4.69) is 48.3 Å². The Kier molecular flexibility index (Phi) is 3.54. The van der Waals surface area contributed by atoms with Crippen LogP contribution in [0.5, 0.6) is 0 Å². The summed E-state index contributed by atoms with van der Waals surface area (Å²) in [6.45, 7) is 6.69. The molecule has 1 atom stereocenters. The smallest absolute Gasteiger partial charge is 0.128 e. The number of rotatable bonds is 3. The highest BCUT2D eigenvalue weighted by Crippen LogP contribution is 2.26. The molecule has 2 nitrogen and oxygen atoms in total. The first-order valence-corrected chi connectivity index (χ1v) is 6.54. The molecule has 0 amide bonds. The van der Waals surface area contributed by atoms with Crippen LogP contribution in [0.15, 0.2) is 24.3 Å². The fourth-order valence-corrected chi connectivity index (χ4v) is 3.07. The highest BCUT2D eigenvalue weighted by atomic mass is 32.2. The molecule has 0 aromatic heterocycles. The van der Waals surface area contributed by atoms with E-state index in [1.807, 2.05) is 11.8 Å². The Balaban J connectivity index is 2.05. The Bertz CT molecular complexity index is 327. The van der Waals surface area contributed by atoms with E-state index in [4.69, 9.17) is 0 Å². The van der Waals surface area contributed by atoms with Crippen molar-refractivity contribution >= 4 is 17.4 Å². The lowest BCUT2D eigenvalue weighted by atomic mass is 10.2. The molecule has 0 radical (unpaired) electrons. The van der Waals surface area contributed by atoms with Crippen molar-refractivity contribution in [1.82, 2.24) is 4.90 Å². The zero-order valence-electron chi connectivity index (χ0n) is 9.36. The SMILES string of the molecule is CCN1CCSC1Nc1ccccc1C. The fourth-order valence-electron chi connectivity index (χ4n) is 1.83. The van der Waals surface area contributed by atoms with Crippen molar-refractivity contribution in [3.63, 3.8) is 0 Å². The van der Waals surface area contributed by atoms with Crippen molar-refractivity contribution in [3.05, 3.63) is 29.8 Å². The van der Waals surface area contributed by atoms with Gasteiger partial charge < -0.3 is 5.32 Å². The van der Waals surface area contributed by atoms with Crippen molar-refractivity contribution in [2.24, 2.45) is 0 Å². The summed E-state index contributed by atoms with van der Waals surface area (Å²) >= 11 is 1.99. The molecule has 1 saturated heterocycles. The lowest BCUT2D eigenvalue weighted by Crippen LogP contribution is -2.34. The molecular formula is C12H18N2S. The number of hydrogen-bond acceptors (Lipinski definition) is 3. The molecule has 1 unspecified atom stereocenters. The molecule has 3 heteroatoms. The molecular weight excluding hydrogens is 204 g/mol. The maximum Gasteiger partial charge on any atom is 0.128 e. The Morgan fingerprint density at radius 1 is 1.47 bits per heavy atom. The molecule has 1 aromatic carbocycles. The van der Waals surface area contributed by atoms with Crippen LogP contribution >= 0.6 is 11.8 Å². The molecule has 0 bridgehead atoms. The summed E-state index contributed by atoms with van der Waals surface area (Å²) in [7, 11) is 0. The number of aryl methyl sites for hydroxylation is 1. The minimum Gasteiger partial charge on any atom is -0.361 e. The van der Waals surface area contributed by atoms with E-state index in [1.54, 1.807) is 0 Å². The van der Waals surface area contributed by atoms with Crippen molar-refractivity contribution in [2.75, 3.05) is 24.2 Å². The standard InChI is InChI=1S/C12H18N2S/c1-3-14-8-9-15-12(14)13-11-7-5-4-6-10(11)2/h4-7,12-13H,3,8-9H2,1-2H3. The van der Waals surface area contributed by atoms with E-state index in [0.29, 0.717) is 5.50 Å². The first kappa shape index (κ1) is 10.8. The van der Waals surface area contributed by atoms with Gasteiger partial charge in [0.2, 0.25) is 0 Å². The monoisotopic (exact) mass is 222 g/mol. The average Bonchev–Trinajstić information content (AvgIpc) is 2.69. The van der Waals surface area contributed by atoms with Gasteiger partial charge in [0.1, 0.15) is 5.50 Å². The second-order valence-electron chi connectivity index (χ2n) is 3.81. The fraction of sp³-hybridized carbons (Fsp3) is 0.500. The predicted molar refractivity (Wildman–Crippen MR) is 68.3 cm³/mol. The minimum atomic E-state index is 0.455. The van der Waals surface area contributed by atoms with E-state index in [-0.39, 0.29) is 0 Å². The summed E-state index contributed by atoms with van der Waals surface area (Å²) < 4.78 is 0. The highest BCUT2D eigenvalue weighted by molar-refractivity contribution is 8.00. The molecule has 0 saturated carbocycles. The van der Waals surface area contributed by atoms with E-state index >= 15 is 0 Å².